The fourth-order valence-electron chi connectivity index (χ4n) is 4.64. The third kappa shape index (κ3) is 6.52. The van der Waals surface area contributed by atoms with E-state index in [1.54, 1.807) is 0 Å². The SMILES string of the molecule is CC1CN(C2CCN(C(=O)CC(C)C3CCNCC3)CC2)CCO1.Cl.Cl. The number of nitrogens with one attached hydrogen (secondary N) is 1. The molecule has 0 spiro atoms. The van der Waals surface area contributed by atoms with Crippen LogP contribution >= 0.6 is 24.8 Å². The number of hydrogen-bond acceptors (Lipinski definition) is 4. The minimum absolute atomic E-state index is 0. The molecule has 0 aliphatic carbocycles. The van der Waals surface area contributed by atoms with E-state index >= 15 is 0 Å². The van der Waals surface area contributed by atoms with Crippen LogP contribution in [0.25, 0.3) is 0 Å². The van der Waals surface area contributed by atoms with Gasteiger partial charge >= 0.3 is 0 Å². The topological polar surface area (TPSA) is 44.8 Å². The highest BCUT2D eigenvalue weighted by Crippen LogP contribution is 2.26. The van der Waals surface area contributed by atoms with Gasteiger partial charge in [0.1, 0.15) is 0 Å². The summed E-state index contributed by atoms with van der Waals surface area (Å²) < 4.78 is 5.65. The molecule has 0 radical (unpaired) electrons. The lowest BCUT2D eigenvalue weighted by molar-refractivity contribution is -0.134. The fraction of sp³-hybridized carbons (Fsp3) is 0.947. The second-order valence-electron chi connectivity index (χ2n) is 8.06. The van der Waals surface area contributed by atoms with E-state index in [9.17, 15) is 4.79 Å². The number of hydrogen-bond donors (Lipinski definition) is 1. The normalized spacial score (nSPS) is 27.3. The van der Waals surface area contributed by atoms with Gasteiger partial charge in [0.15, 0.2) is 0 Å². The van der Waals surface area contributed by atoms with Crippen molar-refractivity contribution >= 4 is 30.7 Å². The van der Waals surface area contributed by atoms with Crippen molar-refractivity contribution in [2.45, 2.75) is 58.1 Å². The van der Waals surface area contributed by atoms with Crippen LogP contribution in [0.3, 0.4) is 0 Å². The minimum Gasteiger partial charge on any atom is -0.376 e. The summed E-state index contributed by atoms with van der Waals surface area (Å²) in [6, 6.07) is 0.641. The predicted octanol–water partition coefficient (Wildman–Crippen LogP) is 2.57. The molecule has 3 rings (SSSR count). The summed E-state index contributed by atoms with van der Waals surface area (Å²) in [6.45, 7) is 11.5. The van der Waals surface area contributed by atoms with E-state index in [0.717, 1.165) is 71.1 Å². The molecule has 3 aliphatic rings. The van der Waals surface area contributed by atoms with Crippen LogP contribution in [0.15, 0.2) is 0 Å². The van der Waals surface area contributed by atoms with Crippen LogP contribution in [0.5, 0.6) is 0 Å². The van der Waals surface area contributed by atoms with Crippen molar-refractivity contribution in [3.8, 4) is 0 Å². The maximum atomic E-state index is 12.7. The van der Waals surface area contributed by atoms with Gasteiger partial charge in [0, 0.05) is 38.6 Å². The van der Waals surface area contributed by atoms with Crippen molar-refractivity contribution in [2.75, 3.05) is 45.9 Å². The van der Waals surface area contributed by atoms with Gasteiger partial charge in [-0.2, -0.15) is 0 Å². The van der Waals surface area contributed by atoms with E-state index in [1.165, 1.54) is 12.8 Å². The number of rotatable bonds is 4. The van der Waals surface area contributed by atoms with Gasteiger partial charge in [-0.1, -0.05) is 6.92 Å². The molecule has 3 heterocycles. The molecule has 26 heavy (non-hydrogen) atoms. The third-order valence-electron chi connectivity index (χ3n) is 6.29. The van der Waals surface area contributed by atoms with Gasteiger partial charge in [0.25, 0.3) is 0 Å². The molecule has 0 aromatic rings. The maximum Gasteiger partial charge on any atom is 0.222 e. The average molecular weight is 410 g/mol. The molecular weight excluding hydrogens is 373 g/mol. The Bertz CT molecular complexity index is 414. The number of ether oxygens (including phenoxy) is 1. The number of likely N-dealkylation sites (tertiary alicyclic amines) is 1. The monoisotopic (exact) mass is 409 g/mol. The highest BCUT2D eigenvalue weighted by Gasteiger charge is 2.30. The highest BCUT2D eigenvalue weighted by molar-refractivity contribution is 5.85. The summed E-state index contributed by atoms with van der Waals surface area (Å²) in [7, 11) is 0. The van der Waals surface area contributed by atoms with Crippen molar-refractivity contribution in [3.05, 3.63) is 0 Å². The third-order valence-corrected chi connectivity index (χ3v) is 6.29. The smallest absolute Gasteiger partial charge is 0.222 e. The molecule has 0 aromatic heterocycles. The second kappa shape index (κ2) is 11.7. The zero-order valence-corrected chi connectivity index (χ0v) is 18.0. The lowest BCUT2D eigenvalue weighted by atomic mass is 9.84. The fourth-order valence-corrected chi connectivity index (χ4v) is 4.64. The first-order valence-electron chi connectivity index (χ1n) is 9.97. The maximum absolute atomic E-state index is 12.7. The Kier molecular flexibility index (Phi) is 10.8. The Hall–Kier alpha value is -0.0700. The number of carbonyl (C=O) groups is 1. The van der Waals surface area contributed by atoms with Crippen molar-refractivity contribution in [2.24, 2.45) is 11.8 Å². The van der Waals surface area contributed by atoms with Crippen LogP contribution in [-0.2, 0) is 9.53 Å². The van der Waals surface area contributed by atoms with Crippen LogP contribution in [0.2, 0.25) is 0 Å². The Morgan fingerprint density at radius 1 is 1.12 bits per heavy atom. The summed E-state index contributed by atoms with van der Waals surface area (Å²) >= 11 is 0. The van der Waals surface area contributed by atoms with Crippen LogP contribution in [0.4, 0.5) is 0 Å². The van der Waals surface area contributed by atoms with Crippen LogP contribution in [0, 0.1) is 11.8 Å². The van der Waals surface area contributed by atoms with E-state index in [-0.39, 0.29) is 24.8 Å². The molecule has 1 N–H and O–H groups in total. The van der Waals surface area contributed by atoms with Gasteiger partial charge in [0.05, 0.1) is 12.7 Å². The minimum atomic E-state index is 0. The van der Waals surface area contributed by atoms with Gasteiger partial charge < -0.3 is 15.0 Å². The Labute approximate surface area is 171 Å². The van der Waals surface area contributed by atoms with Crippen LogP contribution in [0.1, 0.15) is 46.0 Å². The zero-order valence-electron chi connectivity index (χ0n) is 16.3. The summed E-state index contributed by atoms with van der Waals surface area (Å²) in [4.78, 5) is 17.4. The molecule has 0 aromatic carbocycles. The molecule has 0 bridgehead atoms. The van der Waals surface area contributed by atoms with Crippen LogP contribution < -0.4 is 5.32 Å². The van der Waals surface area contributed by atoms with Crippen molar-refractivity contribution in [3.63, 3.8) is 0 Å². The number of halogens is 2. The van der Waals surface area contributed by atoms with E-state index in [1.807, 2.05) is 0 Å². The molecule has 2 atom stereocenters. The lowest BCUT2D eigenvalue weighted by Crippen LogP contribution is -2.52. The molecule has 5 nitrogen and oxygen atoms in total. The Morgan fingerprint density at radius 2 is 1.77 bits per heavy atom. The molecule has 2 unspecified atom stereocenters. The van der Waals surface area contributed by atoms with Gasteiger partial charge in [-0.25, -0.2) is 0 Å². The standard InChI is InChI=1S/C19H35N3O2.2ClH/c1-15(17-3-7-20-8-4-17)13-19(23)21-9-5-18(6-10-21)22-11-12-24-16(2)14-22;;/h15-18,20H,3-14H2,1-2H3;2*1H. The molecule has 7 heteroatoms. The number of carbonyl (C=O) groups excluding carboxylic acids is 1. The predicted molar refractivity (Wildman–Crippen MR) is 110 cm³/mol. The second-order valence-corrected chi connectivity index (χ2v) is 8.06. The van der Waals surface area contributed by atoms with Gasteiger partial charge in [-0.3, -0.25) is 9.69 Å². The largest absolute Gasteiger partial charge is 0.376 e. The molecule has 1 amide bonds. The summed E-state index contributed by atoms with van der Waals surface area (Å²) in [5.74, 6) is 1.63. The molecule has 3 aliphatic heterocycles. The highest BCUT2D eigenvalue weighted by atomic mass is 35.5. The van der Waals surface area contributed by atoms with Crippen molar-refractivity contribution < 1.29 is 9.53 Å². The summed E-state index contributed by atoms with van der Waals surface area (Å²) in [5, 5.41) is 3.42. The Balaban J connectivity index is 0.00000169. The molecular formula is C19H37Cl2N3O2. The quantitative estimate of drug-likeness (QED) is 0.774. The molecule has 154 valence electrons. The van der Waals surface area contributed by atoms with Gasteiger partial charge in [-0.05, 0) is 57.5 Å². The molecule has 3 saturated heterocycles. The molecule has 0 saturated carbocycles. The lowest BCUT2D eigenvalue weighted by Gasteiger charge is -2.42. The first-order valence-corrected chi connectivity index (χ1v) is 9.97. The van der Waals surface area contributed by atoms with Crippen molar-refractivity contribution in [1.82, 2.24) is 15.1 Å². The van der Waals surface area contributed by atoms with E-state index in [0.29, 0.717) is 24.0 Å². The first kappa shape index (κ1) is 24.0. The number of nitrogens with zero attached hydrogens (tertiary/aromatic N) is 2. The summed E-state index contributed by atoms with van der Waals surface area (Å²) in [6.07, 6.45) is 5.80. The number of piperidine rings is 2. The van der Waals surface area contributed by atoms with E-state index in [4.69, 9.17) is 4.74 Å². The zero-order chi connectivity index (χ0) is 16.9. The van der Waals surface area contributed by atoms with E-state index in [2.05, 4.69) is 29.0 Å². The van der Waals surface area contributed by atoms with E-state index < -0.39 is 0 Å². The van der Waals surface area contributed by atoms with Gasteiger partial charge in [0.2, 0.25) is 5.91 Å². The van der Waals surface area contributed by atoms with Gasteiger partial charge in [-0.15, -0.1) is 24.8 Å². The molecule has 3 fully saturated rings. The van der Waals surface area contributed by atoms with Crippen LogP contribution in [-0.4, -0.2) is 73.7 Å². The first-order chi connectivity index (χ1) is 11.6. The number of amides is 1. The summed E-state index contributed by atoms with van der Waals surface area (Å²) in [5.41, 5.74) is 0. The number of morpholine rings is 1. The Morgan fingerprint density at radius 3 is 2.38 bits per heavy atom. The van der Waals surface area contributed by atoms with Crippen molar-refractivity contribution in [1.29, 1.82) is 0 Å². The average Bonchev–Trinajstić information content (AvgIpc) is 2.62.